The molecule has 6 aliphatic rings. The molecule has 364 valence electrons. The average Bonchev–Trinajstić information content (AvgIpc) is 3.31. The quantitative estimate of drug-likeness (QED) is 0.0933. The first-order valence-electron chi connectivity index (χ1n) is 25.5. The fourth-order valence-corrected chi connectivity index (χ4v) is 10.7. The maximum absolute atomic E-state index is 14.9. The maximum atomic E-state index is 14.9. The van der Waals surface area contributed by atoms with Crippen molar-refractivity contribution in [2.45, 2.75) is 64.5 Å². The molecule has 0 atom stereocenters. The Balaban J connectivity index is 1.13. The number of pyridine rings is 2. The predicted molar refractivity (Wildman–Crippen MR) is 269 cm³/mol. The molecule has 4 saturated heterocycles. The Morgan fingerprint density at radius 2 is 0.909 bits per heavy atom. The standard InChI is InChI=1S/C50H80N12O4/c1-53-21-29-57(30-22-53)15-7-5-13-51-41-37-39-44-43-40(48(64)61(49(65)45(41)43)19-11-9-17-59-33-25-55(3)26-34-59)38-42(52-14-6-8-16-58-31-23-54(2)24-32-58)46(44)50(66)62(47(39)63)20-12-10-18-60-35-27-56(4)28-36-60/h37-38,51,63H,5-36H2,1-4H3. The monoisotopic (exact) mass is 913 g/mol. The summed E-state index contributed by atoms with van der Waals surface area (Å²) in [6, 6.07) is 3.67. The van der Waals surface area contributed by atoms with Gasteiger partial charge in [0.2, 0.25) is 5.88 Å². The first kappa shape index (κ1) is 48.7. The Morgan fingerprint density at radius 3 is 1.41 bits per heavy atom. The molecule has 16 nitrogen and oxygen atoms in total. The van der Waals surface area contributed by atoms with Gasteiger partial charge in [-0.1, -0.05) is 0 Å². The van der Waals surface area contributed by atoms with Crippen molar-refractivity contribution in [3.8, 4) is 17.0 Å². The first-order valence-corrected chi connectivity index (χ1v) is 25.5. The summed E-state index contributed by atoms with van der Waals surface area (Å²) >= 11 is 0. The van der Waals surface area contributed by atoms with Crippen LogP contribution < -0.4 is 27.4 Å². The second kappa shape index (κ2) is 23.0. The van der Waals surface area contributed by atoms with Crippen LogP contribution in [0, 0.1) is 0 Å². The van der Waals surface area contributed by atoms with Crippen LogP contribution in [0.1, 0.15) is 51.4 Å². The number of aromatic hydroxyl groups is 1. The van der Waals surface area contributed by atoms with E-state index >= 15 is 0 Å². The largest absolute Gasteiger partial charge is 0.494 e. The summed E-state index contributed by atoms with van der Waals surface area (Å²) in [4.78, 5) is 69.1. The Bertz CT molecular complexity index is 2370. The number of nitrogens with one attached hydrogen (secondary N) is 1. The van der Waals surface area contributed by atoms with Crippen molar-refractivity contribution in [2.24, 2.45) is 4.99 Å². The van der Waals surface area contributed by atoms with Gasteiger partial charge in [0.05, 0.1) is 21.7 Å². The number of likely N-dealkylation sites (N-methyl/N-ethyl adjacent to an activating group) is 4. The minimum absolute atomic E-state index is 0.113. The maximum Gasteiger partial charge on any atom is 0.263 e. The Hall–Kier alpha value is -3.74. The number of anilines is 1. The molecule has 2 aromatic rings. The van der Waals surface area contributed by atoms with Crippen LogP contribution in [-0.4, -0.2) is 226 Å². The smallest absolute Gasteiger partial charge is 0.263 e. The van der Waals surface area contributed by atoms with Crippen LogP contribution in [-0.2, 0) is 13.1 Å². The zero-order chi connectivity index (χ0) is 46.2. The van der Waals surface area contributed by atoms with Gasteiger partial charge in [0.25, 0.3) is 16.7 Å². The van der Waals surface area contributed by atoms with Gasteiger partial charge < -0.3 is 49.6 Å². The van der Waals surface area contributed by atoms with Gasteiger partial charge in [-0.15, -0.1) is 0 Å². The van der Waals surface area contributed by atoms with E-state index in [-0.39, 0.29) is 22.6 Å². The van der Waals surface area contributed by atoms with Crippen molar-refractivity contribution in [3.05, 3.63) is 48.6 Å². The van der Waals surface area contributed by atoms with Gasteiger partial charge in [0.1, 0.15) is 0 Å². The lowest BCUT2D eigenvalue weighted by atomic mass is 9.89. The van der Waals surface area contributed by atoms with Crippen LogP contribution in [0.2, 0.25) is 0 Å². The van der Waals surface area contributed by atoms with E-state index in [1.54, 1.807) is 6.07 Å². The van der Waals surface area contributed by atoms with Gasteiger partial charge in [-0.2, -0.15) is 0 Å². The fourth-order valence-electron chi connectivity index (χ4n) is 10.7. The van der Waals surface area contributed by atoms with Crippen molar-refractivity contribution in [1.29, 1.82) is 0 Å². The highest BCUT2D eigenvalue weighted by Gasteiger charge is 2.29. The molecule has 5 aliphatic heterocycles. The van der Waals surface area contributed by atoms with Crippen molar-refractivity contribution < 1.29 is 5.11 Å². The molecule has 0 spiro atoms. The summed E-state index contributed by atoms with van der Waals surface area (Å²) in [6.07, 6.45) is 6.98. The van der Waals surface area contributed by atoms with Crippen LogP contribution in [0.4, 0.5) is 5.69 Å². The van der Waals surface area contributed by atoms with E-state index in [4.69, 9.17) is 4.99 Å². The molecule has 1 aromatic carbocycles. The molecular weight excluding hydrogens is 833 g/mol. The van der Waals surface area contributed by atoms with E-state index in [2.05, 4.69) is 72.7 Å². The zero-order valence-electron chi connectivity index (χ0n) is 40.9. The second-order valence-electron chi connectivity index (χ2n) is 20.2. The van der Waals surface area contributed by atoms with E-state index in [9.17, 15) is 19.5 Å². The number of unbranched alkanes of at least 4 members (excludes halogenated alkanes) is 4. The van der Waals surface area contributed by atoms with Gasteiger partial charge in [0.15, 0.2) is 0 Å². The molecular formula is C50H80N12O4. The van der Waals surface area contributed by atoms with E-state index in [1.165, 1.54) is 9.13 Å². The normalized spacial score (nSPS) is 20.3. The molecule has 16 heteroatoms. The Morgan fingerprint density at radius 1 is 0.485 bits per heavy atom. The van der Waals surface area contributed by atoms with Gasteiger partial charge in [-0.05, 0) is 118 Å². The molecule has 8 rings (SSSR count). The van der Waals surface area contributed by atoms with Gasteiger partial charge >= 0.3 is 0 Å². The number of hydrogen-bond acceptors (Lipinski definition) is 14. The fraction of sp³-hybridized carbons (Fsp3) is 0.720. The molecule has 6 heterocycles. The highest BCUT2D eigenvalue weighted by Crippen LogP contribution is 2.41. The molecule has 0 saturated carbocycles. The number of piperazine rings is 4. The molecule has 2 N–H and O–H groups in total. The number of aromatic nitrogens is 2. The predicted octanol–water partition coefficient (Wildman–Crippen LogP) is 1.79. The van der Waals surface area contributed by atoms with Crippen LogP contribution in [0.15, 0.2) is 31.5 Å². The highest BCUT2D eigenvalue weighted by molar-refractivity contribution is 6.18. The molecule has 4 fully saturated rings. The molecule has 0 radical (unpaired) electrons. The molecule has 66 heavy (non-hydrogen) atoms. The summed E-state index contributed by atoms with van der Waals surface area (Å²) in [7, 11) is 8.67. The van der Waals surface area contributed by atoms with E-state index < -0.39 is 0 Å². The SMILES string of the molecule is CN1CCN(CCCCN=c2cc3c(=O)n(CCCCN4CCN(C)CC4)c(=O)c4c(NCCCCN5CCN(C)CC5)cc5c(O)n(CCCCN6CCN(C)CC6)c(=O)c2c5c4-3)CC1. The Kier molecular flexibility index (Phi) is 17.0. The summed E-state index contributed by atoms with van der Waals surface area (Å²) in [5, 5.41) is 18.1. The number of hydrogen-bond donors (Lipinski definition) is 2. The summed E-state index contributed by atoms with van der Waals surface area (Å²) in [6.45, 7) is 22.7. The Labute approximate surface area is 392 Å². The van der Waals surface area contributed by atoms with Crippen LogP contribution in [0.3, 0.4) is 0 Å². The van der Waals surface area contributed by atoms with Crippen molar-refractivity contribution in [1.82, 2.24) is 48.3 Å². The molecule has 1 aromatic heterocycles. The third-order valence-corrected chi connectivity index (χ3v) is 15.3. The summed E-state index contributed by atoms with van der Waals surface area (Å²) in [5.41, 5.74) is 0.461. The first-order chi connectivity index (χ1) is 32.0. The van der Waals surface area contributed by atoms with Crippen molar-refractivity contribution >= 4 is 27.2 Å². The average molecular weight is 913 g/mol. The number of nitrogens with zero attached hydrogens (tertiary/aromatic N) is 11. The third-order valence-electron chi connectivity index (χ3n) is 15.3. The molecule has 1 aliphatic carbocycles. The third kappa shape index (κ3) is 11.7. The summed E-state index contributed by atoms with van der Waals surface area (Å²) in [5.74, 6) is -0.113. The number of benzene rings is 2. The van der Waals surface area contributed by atoms with Gasteiger partial charge in [-0.25, -0.2) is 0 Å². The molecule has 0 amide bonds. The van der Waals surface area contributed by atoms with Gasteiger partial charge in [0, 0.05) is 153 Å². The lowest BCUT2D eigenvalue weighted by Gasteiger charge is -2.32. The zero-order valence-corrected chi connectivity index (χ0v) is 40.9. The van der Waals surface area contributed by atoms with E-state index in [0.29, 0.717) is 76.3 Å². The van der Waals surface area contributed by atoms with Crippen molar-refractivity contribution in [2.75, 3.05) is 177 Å². The second-order valence-corrected chi connectivity index (χ2v) is 20.2. The summed E-state index contributed by atoms with van der Waals surface area (Å²) < 4.78 is 2.96. The molecule has 0 unspecified atom stereocenters. The van der Waals surface area contributed by atoms with Gasteiger partial charge in [-0.3, -0.25) is 28.5 Å². The van der Waals surface area contributed by atoms with Crippen LogP contribution in [0.25, 0.3) is 32.7 Å². The number of rotatable bonds is 21. The van der Waals surface area contributed by atoms with Crippen LogP contribution >= 0.6 is 0 Å². The minimum Gasteiger partial charge on any atom is -0.494 e. The molecule has 0 bridgehead atoms. The van der Waals surface area contributed by atoms with E-state index in [1.807, 2.05) is 6.07 Å². The van der Waals surface area contributed by atoms with E-state index in [0.717, 1.165) is 176 Å². The van der Waals surface area contributed by atoms with Crippen LogP contribution in [0.5, 0.6) is 5.88 Å². The lowest BCUT2D eigenvalue weighted by Crippen LogP contribution is -2.44. The highest BCUT2D eigenvalue weighted by atomic mass is 16.3. The minimum atomic E-state index is -0.348. The topological polar surface area (TPSA) is 132 Å². The van der Waals surface area contributed by atoms with Crippen molar-refractivity contribution in [3.63, 3.8) is 0 Å². The lowest BCUT2D eigenvalue weighted by molar-refractivity contribution is 0.151.